The van der Waals surface area contributed by atoms with Gasteiger partial charge in [-0.3, -0.25) is 9.59 Å². The molecular weight excluding hydrogens is 409 g/mol. The van der Waals surface area contributed by atoms with Crippen LogP contribution >= 0.6 is 0 Å². The lowest BCUT2D eigenvalue weighted by atomic mass is 10.0. The van der Waals surface area contributed by atoms with Crippen molar-refractivity contribution in [1.82, 2.24) is 15.0 Å². The summed E-state index contributed by atoms with van der Waals surface area (Å²) in [6.45, 7) is 0. The van der Waals surface area contributed by atoms with E-state index < -0.39 is 34.8 Å². The van der Waals surface area contributed by atoms with Crippen molar-refractivity contribution in [3.05, 3.63) is 89.3 Å². The van der Waals surface area contributed by atoms with Crippen LogP contribution in [-0.2, 0) is 4.79 Å². The maximum atomic E-state index is 14.7. The average Bonchev–Trinajstić information content (AvgIpc) is 3.16. The van der Waals surface area contributed by atoms with Crippen molar-refractivity contribution in [2.45, 2.75) is 0 Å². The summed E-state index contributed by atoms with van der Waals surface area (Å²) in [5, 5.41) is 0.664. The van der Waals surface area contributed by atoms with E-state index in [1.807, 2.05) is 0 Å². The molecule has 0 atom stereocenters. The molecule has 0 bridgehead atoms. The molecule has 3 N–H and O–H groups in total. The topological polar surface area (TPSA) is 102 Å². The van der Waals surface area contributed by atoms with Gasteiger partial charge in [0.25, 0.3) is 0 Å². The number of aromatic amines is 1. The van der Waals surface area contributed by atoms with Crippen molar-refractivity contribution in [1.29, 1.82) is 0 Å². The molecule has 0 fully saturated rings. The van der Waals surface area contributed by atoms with Gasteiger partial charge >= 0.3 is 0 Å². The van der Waals surface area contributed by atoms with Crippen LogP contribution in [0.5, 0.6) is 0 Å². The predicted octanol–water partition coefficient (Wildman–Crippen LogP) is 3.77. The summed E-state index contributed by atoms with van der Waals surface area (Å²) in [6.07, 6.45) is 7.14. The van der Waals surface area contributed by atoms with Crippen LogP contribution in [0.1, 0.15) is 21.6 Å². The third-order valence-electron chi connectivity index (χ3n) is 4.56. The maximum absolute atomic E-state index is 14.7. The quantitative estimate of drug-likeness (QED) is 0.378. The zero-order valence-corrected chi connectivity index (χ0v) is 15.7. The standard InChI is InChI=1S/C22H13F3N4O2/c23-16-3-1-11(6-17(16)24)21(31)20-18(25)7-14(9-27-20)13-5-15-12(2-4-19(26)30)8-28-22(15)29-10-13/h1-10H,(H2,26,30)(H,28,29). The summed E-state index contributed by atoms with van der Waals surface area (Å²) < 4.78 is 41.1. The number of nitrogens with zero attached hydrogens (tertiary/aromatic N) is 2. The molecule has 3 heterocycles. The number of aromatic nitrogens is 3. The first-order chi connectivity index (χ1) is 14.8. The van der Waals surface area contributed by atoms with Crippen LogP contribution in [0.25, 0.3) is 28.2 Å². The van der Waals surface area contributed by atoms with E-state index in [0.717, 1.165) is 18.2 Å². The molecular formula is C22H13F3N4O2. The Labute approximate surface area is 173 Å². The SMILES string of the molecule is NC(=O)C=Cc1c[nH]c2ncc(-c3cnc(C(=O)c4ccc(F)c(F)c4)c(F)c3)cc12. The molecule has 0 unspecified atom stereocenters. The molecule has 0 radical (unpaired) electrons. The fraction of sp³-hybridized carbons (Fsp3) is 0. The molecule has 0 aliphatic heterocycles. The molecule has 1 aromatic carbocycles. The molecule has 154 valence electrons. The number of hydrogen-bond donors (Lipinski definition) is 2. The Balaban J connectivity index is 1.69. The highest BCUT2D eigenvalue weighted by Gasteiger charge is 2.18. The third-order valence-corrected chi connectivity index (χ3v) is 4.56. The molecule has 0 spiro atoms. The first kappa shape index (κ1) is 20.0. The van der Waals surface area contributed by atoms with Gasteiger partial charge in [-0.25, -0.2) is 23.1 Å². The number of carbonyl (C=O) groups is 2. The van der Waals surface area contributed by atoms with Gasteiger partial charge in [-0.1, -0.05) is 0 Å². The number of ketones is 1. The van der Waals surface area contributed by atoms with Crippen molar-refractivity contribution in [3.8, 4) is 11.1 Å². The lowest BCUT2D eigenvalue weighted by Crippen LogP contribution is -2.08. The average molecular weight is 422 g/mol. The first-order valence-electron chi connectivity index (χ1n) is 8.94. The lowest BCUT2D eigenvalue weighted by molar-refractivity contribution is -0.113. The van der Waals surface area contributed by atoms with Crippen LogP contribution in [0.3, 0.4) is 0 Å². The summed E-state index contributed by atoms with van der Waals surface area (Å²) in [7, 11) is 0. The summed E-state index contributed by atoms with van der Waals surface area (Å²) in [6, 6.07) is 5.36. The molecule has 0 aliphatic carbocycles. The molecule has 0 saturated heterocycles. The smallest absolute Gasteiger partial charge is 0.241 e. The fourth-order valence-electron chi connectivity index (χ4n) is 3.03. The number of fused-ring (bicyclic) bond motifs is 1. The number of nitrogens with one attached hydrogen (secondary N) is 1. The van der Waals surface area contributed by atoms with E-state index >= 15 is 0 Å². The number of H-pyrrole nitrogens is 1. The van der Waals surface area contributed by atoms with Crippen LogP contribution in [0.2, 0.25) is 0 Å². The molecule has 0 saturated carbocycles. The second kappa shape index (κ2) is 7.86. The summed E-state index contributed by atoms with van der Waals surface area (Å²) in [4.78, 5) is 34.5. The zero-order chi connectivity index (χ0) is 22.1. The Morgan fingerprint density at radius 3 is 2.39 bits per heavy atom. The van der Waals surface area contributed by atoms with Crippen LogP contribution in [-0.4, -0.2) is 26.6 Å². The minimum atomic E-state index is -1.21. The molecule has 1 amide bonds. The monoisotopic (exact) mass is 422 g/mol. The van der Waals surface area contributed by atoms with E-state index in [0.29, 0.717) is 33.8 Å². The number of halogens is 3. The highest BCUT2D eigenvalue weighted by Crippen LogP contribution is 2.26. The van der Waals surface area contributed by atoms with E-state index in [-0.39, 0.29) is 5.56 Å². The first-order valence-corrected chi connectivity index (χ1v) is 8.94. The Bertz CT molecular complexity index is 1380. The van der Waals surface area contributed by atoms with Crippen molar-refractivity contribution in [2.24, 2.45) is 5.73 Å². The number of nitrogens with two attached hydrogens (primary N) is 1. The number of hydrogen-bond acceptors (Lipinski definition) is 4. The van der Waals surface area contributed by atoms with Crippen LogP contribution < -0.4 is 5.73 Å². The van der Waals surface area contributed by atoms with E-state index in [4.69, 9.17) is 5.73 Å². The van der Waals surface area contributed by atoms with Crippen LogP contribution in [0.15, 0.2) is 55.0 Å². The normalized spacial score (nSPS) is 11.3. The van der Waals surface area contributed by atoms with Gasteiger partial charge in [-0.2, -0.15) is 0 Å². The Morgan fingerprint density at radius 1 is 0.935 bits per heavy atom. The number of primary amides is 1. The van der Waals surface area contributed by atoms with Gasteiger partial charge in [-0.15, -0.1) is 0 Å². The summed E-state index contributed by atoms with van der Waals surface area (Å²) >= 11 is 0. The van der Waals surface area contributed by atoms with Gasteiger partial charge in [-0.05, 0) is 36.4 Å². The van der Waals surface area contributed by atoms with Crippen LogP contribution in [0, 0.1) is 17.5 Å². The van der Waals surface area contributed by atoms with Crippen molar-refractivity contribution >= 4 is 28.8 Å². The minimum Gasteiger partial charge on any atom is -0.366 e. The molecule has 0 aliphatic rings. The summed E-state index contributed by atoms with van der Waals surface area (Å²) in [5.74, 6) is -4.73. The Morgan fingerprint density at radius 2 is 1.68 bits per heavy atom. The van der Waals surface area contributed by atoms with Crippen LogP contribution in [0.4, 0.5) is 13.2 Å². The molecule has 4 aromatic rings. The third kappa shape index (κ3) is 3.93. The largest absolute Gasteiger partial charge is 0.366 e. The number of amides is 1. The van der Waals surface area contributed by atoms with Gasteiger partial charge in [0.2, 0.25) is 11.7 Å². The van der Waals surface area contributed by atoms with Crippen molar-refractivity contribution in [3.63, 3.8) is 0 Å². The van der Waals surface area contributed by atoms with Gasteiger partial charge in [0.1, 0.15) is 11.3 Å². The number of carbonyl (C=O) groups excluding carboxylic acids is 2. The van der Waals surface area contributed by atoms with E-state index in [9.17, 15) is 22.8 Å². The van der Waals surface area contributed by atoms with E-state index in [2.05, 4.69) is 15.0 Å². The minimum absolute atomic E-state index is 0.223. The Hall–Kier alpha value is -4.27. The van der Waals surface area contributed by atoms with Gasteiger partial charge in [0.15, 0.2) is 17.5 Å². The number of rotatable bonds is 5. The van der Waals surface area contributed by atoms with Gasteiger partial charge in [0, 0.05) is 52.3 Å². The highest BCUT2D eigenvalue weighted by molar-refractivity contribution is 6.08. The predicted molar refractivity (Wildman–Crippen MR) is 107 cm³/mol. The highest BCUT2D eigenvalue weighted by atomic mass is 19.2. The van der Waals surface area contributed by atoms with E-state index in [1.54, 1.807) is 12.3 Å². The molecule has 9 heteroatoms. The second-order valence-electron chi connectivity index (χ2n) is 6.61. The van der Waals surface area contributed by atoms with E-state index in [1.165, 1.54) is 24.5 Å². The Kier molecular flexibility index (Phi) is 5.08. The zero-order valence-electron chi connectivity index (χ0n) is 15.7. The molecule has 4 rings (SSSR count). The lowest BCUT2D eigenvalue weighted by Gasteiger charge is -2.06. The number of benzene rings is 1. The second-order valence-corrected chi connectivity index (χ2v) is 6.61. The van der Waals surface area contributed by atoms with Gasteiger partial charge < -0.3 is 10.7 Å². The molecule has 31 heavy (non-hydrogen) atoms. The van der Waals surface area contributed by atoms with Crippen molar-refractivity contribution in [2.75, 3.05) is 0 Å². The maximum Gasteiger partial charge on any atom is 0.241 e. The fourth-order valence-corrected chi connectivity index (χ4v) is 3.03. The molecule has 3 aromatic heterocycles. The van der Waals surface area contributed by atoms with Crippen molar-refractivity contribution < 1.29 is 22.8 Å². The van der Waals surface area contributed by atoms with Gasteiger partial charge in [0.05, 0.1) is 0 Å². The summed E-state index contributed by atoms with van der Waals surface area (Å²) in [5.41, 5.74) is 6.44. The number of pyridine rings is 2. The molecule has 6 nitrogen and oxygen atoms in total.